The molecule has 0 bridgehead atoms. The third-order valence-electron chi connectivity index (χ3n) is 4.07. The van der Waals surface area contributed by atoms with Crippen molar-refractivity contribution in [3.63, 3.8) is 0 Å². The minimum absolute atomic E-state index is 0.0981. The second-order valence-electron chi connectivity index (χ2n) is 6.15. The van der Waals surface area contributed by atoms with Crippen molar-refractivity contribution in [1.82, 2.24) is 10.3 Å². The largest absolute Gasteiger partial charge is 0.489 e. The van der Waals surface area contributed by atoms with Crippen LogP contribution in [0.5, 0.6) is 5.75 Å². The molecule has 0 spiro atoms. The Kier molecular flexibility index (Phi) is 5.66. The average molecular weight is 364 g/mol. The van der Waals surface area contributed by atoms with E-state index in [4.69, 9.17) is 9.84 Å². The summed E-state index contributed by atoms with van der Waals surface area (Å²) in [6, 6.07) is 16.7. The van der Waals surface area contributed by atoms with Crippen molar-refractivity contribution < 1.29 is 19.4 Å². The van der Waals surface area contributed by atoms with E-state index < -0.39 is 5.97 Å². The molecule has 0 aliphatic carbocycles. The number of nitrogens with one attached hydrogen (secondary N) is 1. The highest BCUT2D eigenvalue weighted by Gasteiger charge is 2.08. The van der Waals surface area contributed by atoms with Crippen molar-refractivity contribution in [2.24, 2.45) is 0 Å². The van der Waals surface area contributed by atoms with Gasteiger partial charge in [0.25, 0.3) is 5.91 Å². The molecule has 0 unspecified atom stereocenters. The quantitative estimate of drug-likeness (QED) is 0.671. The zero-order valence-electron chi connectivity index (χ0n) is 14.9. The fraction of sp³-hybridized carbons (Fsp3) is 0.190. The molecular formula is C21H20N2O4. The highest BCUT2D eigenvalue weighted by molar-refractivity contribution is 5.94. The Balaban J connectivity index is 1.64. The van der Waals surface area contributed by atoms with Gasteiger partial charge in [-0.15, -0.1) is 0 Å². The fourth-order valence-electron chi connectivity index (χ4n) is 2.76. The first-order chi connectivity index (χ1) is 13.0. The zero-order chi connectivity index (χ0) is 19.2. The number of rotatable bonds is 7. The first-order valence-corrected chi connectivity index (χ1v) is 8.61. The molecule has 2 N–H and O–H groups in total. The molecule has 27 heavy (non-hydrogen) atoms. The highest BCUT2D eigenvalue weighted by atomic mass is 16.5. The van der Waals surface area contributed by atoms with Gasteiger partial charge in [0, 0.05) is 28.8 Å². The molecule has 1 aromatic heterocycles. The third-order valence-corrected chi connectivity index (χ3v) is 4.07. The van der Waals surface area contributed by atoms with Crippen LogP contribution in [-0.4, -0.2) is 28.5 Å². The molecular weight excluding hydrogens is 344 g/mol. The number of nitrogens with zero attached hydrogens (tertiary/aromatic N) is 1. The highest BCUT2D eigenvalue weighted by Crippen LogP contribution is 2.21. The topological polar surface area (TPSA) is 88.5 Å². The SMILES string of the molecule is Cc1cc(COc2ccc(C(=O)NCCC(=O)O)cc2)c2ccccc2n1. The maximum absolute atomic E-state index is 11.9. The predicted octanol–water partition coefficient (Wildman–Crippen LogP) is 3.33. The molecule has 0 fully saturated rings. The number of hydrogen-bond acceptors (Lipinski definition) is 4. The summed E-state index contributed by atoms with van der Waals surface area (Å²) in [5.41, 5.74) is 3.37. The summed E-state index contributed by atoms with van der Waals surface area (Å²) >= 11 is 0. The number of fused-ring (bicyclic) bond motifs is 1. The summed E-state index contributed by atoms with van der Waals surface area (Å²) in [4.78, 5) is 27.0. The summed E-state index contributed by atoms with van der Waals surface area (Å²) < 4.78 is 5.87. The number of amides is 1. The molecule has 3 rings (SSSR count). The molecule has 6 nitrogen and oxygen atoms in total. The number of carbonyl (C=O) groups is 2. The van der Waals surface area contributed by atoms with Gasteiger partial charge in [-0.05, 0) is 43.3 Å². The Bertz CT molecular complexity index is 968. The Labute approximate surface area is 156 Å². The second kappa shape index (κ2) is 8.31. The number of para-hydroxylation sites is 1. The van der Waals surface area contributed by atoms with Crippen molar-refractivity contribution in [2.45, 2.75) is 20.0 Å². The van der Waals surface area contributed by atoms with Crippen LogP contribution in [-0.2, 0) is 11.4 Å². The van der Waals surface area contributed by atoms with Crippen LogP contribution in [0.25, 0.3) is 10.9 Å². The normalized spacial score (nSPS) is 10.6. The lowest BCUT2D eigenvalue weighted by Crippen LogP contribution is -2.25. The maximum Gasteiger partial charge on any atom is 0.305 e. The van der Waals surface area contributed by atoms with Gasteiger partial charge < -0.3 is 15.2 Å². The fourth-order valence-corrected chi connectivity index (χ4v) is 2.76. The molecule has 6 heteroatoms. The molecule has 0 saturated carbocycles. The Morgan fingerprint density at radius 1 is 1.11 bits per heavy atom. The third kappa shape index (κ3) is 4.82. The first kappa shape index (κ1) is 18.4. The smallest absolute Gasteiger partial charge is 0.305 e. The van der Waals surface area contributed by atoms with Crippen molar-refractivity contribution in [1.29, 1.82) is 0 Å². The molecule has 138 valence electrons. The lowest BCUT2D eigenvalue weighted by Gasteiger charge is -2.10. The van der Waals surface area contributed by atoms with E-state index in [0.29, 0.717) is 17.9 Å². The summed E-state index contributed by atoms with van der Waals surface area (Å²) in [6.07, 6.45) is -0.105. The lowest BCUT2D eigenvalue weighted by atomic mass is 10.1. The van der Waals surface area contributed by atoms with Gasteiger partial charge in [-0.1, -0.05) is 18.2 Å². The number of carboxylic acids is 1. The summed E-state index contributed by atoms with van der Waals surface area (Å²) in [6.45, 7) is 2.45. The number of pyridine rings is 1. The van der Waals surface area contributed by atoms with Crippen LogP contribution in [0.15, 0.2) is 54.6 Å². The van der Waals surface area contributed by atoms with E-state index in [0.717, 1.165) is 22.2 Å². The molecule has 0 radical (unpaired) electrons. The number of benzene rings is 2. The van der Waals surface area contributed by atoms with Crippen LogP contribution in [0.3, 0.4) is 0 Å². The first-order valence-electron chi connectivity index (χ1n) is 8.61. The average Bonchev–Trinajstić information content (AvgIpc) is 2.66. The van der Waals surface area contributed by atoms with Crippen LogP contribution in [0.1, 0.15) is 28.0 Å². The molecule has 3 aromatic rings. The minimum atomic E-state index is -0.946. The molecule has 0 aliphatic rings. The number of ether oxygens (including phenoxy) is 1. The van der Waals surface area contributed by atoms with Gasteiger partial charge in [-0.3, -0.25) is 14.6 Å². The van der Waals surface area contributed by atoms with Gasteiger partial charge in [0.15, 0.2) is 0 Å². The molecule has 1 amide bonds. The number of hydrogen-bond donors (Lipinski definition) is 2. The van der Waals surface area contributed by atoms with Crippen LogP contribution in [0.2, 0.25) is 0 Å². The van der Waals surface area contributed by atoms with E-state index in [1.54, 1.807) is 24.3 Å². The summed E-state index contributed by atoms with van der Waals surface area (Å²) in [5, 5.41) is 12.2. The lowest BCUT2D eigenvalue weighted by molar-refractivity contribution is -0.136. The monoisotopic (exact) mass is 364 g/mol. The Morgan fingerprint density at radius 3 is 2.59 bits per heavy atom. The van der Waals surface area contributed by atoms with Gasteiger partial charge in [0.1, 0.15) is 12.4 Å². The van der Waals surface area contributed by atoms with Gasteiger partial charge in [0.05, 0.1) is 11.9 Å². The molecule has 0 saturated heterocycles. The molecule has 0 atom stereocenters. The number of aromatic nitrogens is 1. The van der Waals surface area contributed by atoms with Gasteiger partial charge in [0.2, 0.25) is 0 Å². The van der Waals surface area contributed by atoms with E-state index in [1.165, 1.54) is 0 Å². The van der Waals surface area contributed by atoms with Crippen molar-refractivity contribution in [3.8, 4) is 5.75 Å². The Morgan fingerprint density at radius 2 is 1.85 bits per heavy atom. The van der Waals surface area contributed by atoms with Crippen LogP contribution < -0.4 is 10.1 Å². The van der Waals surface area contributed by atoms with Crippen molar-refractivity contribution in [3.05, 3.63) is 71.4 Å². The van der Waals surface area contributed by atoms with Crippen LogP contribution in [0, 0.1) is 6.92 Å². The Hall–Kier alpha value is -3.41. The van der Waals surface area contributed by atoms with E-state index in [2.05, 4.69) is 10.3 Å². The zero-order valence-corrected chi connectivity index (χ0v) is 14.9. The van der Waals surface area contributed by atoms with Gasteiger partial charge in [-0.2, -0.15) is 0 Å². The number of aryl methyl sites for hydroxylation is 1. The standard InChI is InChI=1S/C21H20N2O4/c1-14-12-16(18-4-2-3-5-19(18)23-14)13-27-17-8-6-15(7-9-17)21(26)22-11-10-20(24)25/h2-9,12H,10-11,13H2,1H3,(H,22,26)(H,24,25). The van der Waals surface area contributed by atoms with Gasteiger partial charge >= 0.3 is 5.97 Å². The minimum Gasteiger partial charge on any atom is -0.489 e. The summed E-state index contributed by atoms with van der Waals surface area (Å²) in [5.74, 6) is -0.605. The molecule has 0 aliphatic heterocycles. The van der Waals surface area contributed by atoms with E-state index >= 15 is 0 Å². The van der Waals surface area contributed by atoms with Crippen LogP contribution >= 0.6 is 0 Å². The van der Waals surface area contributed by atoms with Crippen LogP contribution in [0.4, 0.5) is 0 Å². The number of carbonyl (C=O) groups excluding carboxylic acids is 1. The van der Waals surface area contributed by atoms with E-state index in [9.17, 15) is 9.59 Å². The molecule has 2 aromatic carbocycles. The maximum atomic E-state index is 11.9. The predicted molar refractivity (Wildman–Crippen MR) is 102 cm³/mol. The van der Waals surface area contributed by atoms with E-state index in [-0.39, 0.29) is 18.9 Å². The summed E-state index contributed by atoms with van der Waals surface area (Å²) in [7, 11) is 0. The number of aliphatic carboxylic acids is 1. The van der Waals surface area contributed by atoms with Crippen molar-refractivity contribution in [2.75, 3.05) is 6.54 Å². The second-order valence-corrected chi connectivity index (χ2v) is 6.15. The number of carboxylic acid groups (broad SMARTS) is 1. The van der Waals surface area contributed by atoms with Crippen molar-refractivity contribution >= 4 is 22.8 Å². The van der Waals surface area contributed by atoms with Gasteiger partial charge in [-0.25, -0.2) is 0 Å². The van der Waals surface area contributed by atoms with E-state index in [1.807, 2.05) is 37.3 Å². The molecule has 1 heterocycles.